The van der Waals surface area contributed by atoms with Gasteiger partial charge in [-0.25, -0.2) is 4.98 Å². The molecule has 1 unspecified atom stereocenters. The number of alkyl halides is 3. The first kappa shape index (κ1) is 16.0. The lowest BCUT2D eigenvalue weighted by Crippen LogP contribution is -2.45. The van der Waals surface area contributed by atoms with Crippen molar-refractivity contribution in [2.45, 2.75) is 25.6 Å². The maximum Gasteiger partial charge on any atom is 0.406 e. The average molecular weight is 320 g/mol. The van der Waals surface area contributed by atoms with Crippen molar-refractivity contribution in [3.05, 3.63) is 22.2 Å². The van der Waals surface area contributed by atoms with Crippen LogP contribution >= 0.6 is 11.3 Å². The van der Waals surface area contributed by atoms with Gasteiger partial charge >= 0.3 is 6.18 Å². The van der Waals surface area contributed by atoms with Crippen LogP contribution in [0.25, 0.3) is 6.08 Å². The van der Waals surface area contributed by atoms with Crippen molar-refractivity contribution < 1.29 is 22.7 Å². The first-order valence-corrected chi connectivity index (χ1v) is 7.22. The van der Waals surface area contributed by atoms with Crippen LogP contribution in [-0.2, 0) is 9.53 Å². The summed E-state index contributed by atoms with van der Waals surface area (Å²) < 4.78 is 42.9. The normalized spacial score (nSPS) is 19.3. The Balaban J connectivity index is 2.07. The summed E-state index contributed by atoms with van der Waals surface area (Å²) in [5, 5.41) is 0.832. The van der Waals surface area contributed by atoms with Gasteiger partial charge in [0.25, 0.3) is 0 Å². The number of thiazole rings is 1. The summed E-state index contributed by atoms with van der Waals surface area (Å²) in [7, 11) is 0. The Bertz CT molecular complexity index is 522. The number of ether oxygens (including phenoxy) is 1. The lowest BCUT2D eigenvalue weighted by Gasteiger charge is -2.27. The minimum absolute atomic E-state index is 0.148. The van der Waals surface area contributed by atoms with E-state index in [2.05, 4.69) is 4.98 Å². The molecule has 1 aliphatic heterocycles. The Morgan fingerprint density at radius 3 is 2.90 bits per heavy atom. The Morgan fingerprint density at radius 1 is 1.62 bits per heavy atom. The molecule has 0 aromatic carbocycles. The van der Waals surface area contributed by atoms with Gasteiger partial charge in [-0.05, 0) is 19.4 Å². The number of carbonyl (C=O) groups excluding carboxylic acids is 1. The van der Waals surface area contributed by atoms with Crippen LogP contribution < -0.4 is 0 Å². The van der Waals surface area contributed by atoms with E-state index in [0.29, 0.717) is 13.0 Å². The number of rotatable bonds is 4. The summed E-state index contributed by atoms with van der Waals surface area (Å²) in [5.74, 6) is -0.658. The van der Waals surface area contributed by atoms with Crippen molar-refractivity contribution in [1.29, 1.82) is 0 Å². The van der Waals surface area contributed by atoms with Crippen LogP contribution in [0.5, 0.6) is 0 Å². The fourth-order valence-electron chi connectivity index (χ4n) is 2.05. The third-order valence-electron chi connectivity index (χ3n) is 3.01. The zero-order valence-electron chi connectivity index (χ0n) is 11.4. The predicted octanol–water partition coefficient (Wildman–Crippen LogP) is 2.64. The maximum atomic E-state index is 12.6. The number of aryl methyl sites for hydroxylation is 1. The highest BCUT2D eigenvalue weighted by atomic mass is 32.1. The maximum absolute atomic E-state index is 12.6. The highest BCUT2D eigenvalue weighted by Crippen LogP contribution is 2.22. The van der Waals surface area contributed by atoms with Gasteiger partial charge in [-0.3, -0.25) is 4.79 Å². The quantitative estimate of drug-likeness (QED) is 0.801. The standard InChI is InChI=1S/C13H15F3N2O2S/c1-9-17-6-11(21-9)2-3-12(19)18(8-13(14,15)16)10-4-5-20-7-10/h2-3,6,10H,4-5,7-8H2,1H3/b3-2+. The molecule has 0 spiro atoms. The van der Waals surface area contributed by atoms with Crippen molar-refractivity contribution in [3.63, 3.8) is 0 Å². The van der Waals surface area contributed by atoms with E-state index in [1.165, 1.54) is 17.4 Å². The number of nitrogens with zero attached hydrogens (tertiary/aromatic N) is 2. The van der Waals surface area contributed by atoms with E-state index in [1.807, 2.05) is 6.92 Å². The molecular weight excluding hydrogens is 305 g/mol. The Morgan fingerprint density at radius 2 is 2.38 bits per heavy atom. The second-order valence-electron chi connectivity index (χ2n) is 4.71. The van der Waals surface area contributed by atoms with Crippen LogP contribution in [0.2, 0.25) is 0 Å². The predicted molar refractivity (Wildman–Crippen MR) is 72.9 cm³/mol. The van der Waals surface area contributed by atoms with Crippen molar-refractivity contribution >= 4 is 23.3 Å². The Kier molecular flexibility index (Phi) is 5.00. The van der Waals surface area contributed by atoms with Gasteiger partial charge in [0.05, 0.1) is 17.7 Å². The van der Waals surface area contributed by atoms with Gasteiger partial charge in [-0.2, -0.15) is 13.2 Å². The summed E-state index contributed by atoms with van der Waals surface area (Å²) in [6.07, 6.45) is 0.238. The van der Waals surface area contributed by atoms with Gasteiger partial charge in [0, 0.05) is 23.8 Å². The largest absolute Gasteiger partial charge is 0.406 e. The van der Waals surface area contributed by atoms with E-state index in [4.69, 9.17) is 4.74 Å². The Hall–Kier alpha value is -1.41. The molecule has 0 aliphatic carbocycles. The number of halogens is 3. The molecule has 0 radical (unpaired) electrons. The lowest BCUT2D eigenvalue weighted by molar-refractivity contribution is -0.162. The van der Waals surface area contributed by atoms with Crippen LogP contribution in [0.15, 0.2) is 12.3 Å². The molecule has 1 aliphatic rings. The summed E-state index contributed by atoms with van der Waals surface area (Å²) >= 11 is 1.37. The molecule has 2 heterocycles. The van der Waals surface area contributed by atoms with Crippen LogP contribution in [0, 0.1) is 6.92 Å². The smallest absolute Gasteiger partial charge is 0.379 e. The van der Waals surface area contributed by atoms with Gasteiger partial charge in [-0.15, -0.1) is 11.3 Å². The van der Waals surface area contributed by atoms with E-state index in [9.17, 15) is 18.0 Å². The van der Waals surface area contributed by atoms with Crippen LogP contribution in [0.3, 0.4) is 0 Å². The minimum Gasteiger partial charge on any atom is -0.379 e. The van der Waals surface area contributed by atoms with Crippen LogP contribution in [-0.4, -0.2) is 47.8 Å². The topological polar surface area (TPSA) is 42.4 Å². The molecule has 0 saturated carbocycles. The van der Waals surface area contributed by atoms with E-state index in [0.717, 1.165) is 20.9 Å². The lowest BCUT2D eigenvalue weighted by atomic mass is 10.2. The van der Waals surface area contributed by atoms with Crippen LogP contribution in [0.4, 0.5) is 13.2 Å². The van der Waals surface area contributed by atoms with Gasteiger partial charge in [-0.1, -0.05) is 0 Å². The molecule has 8 heteroatoms. The van der Waals surface area contributed by atoms with Gasteiger partial charge in [0.2, 0.25) is 5.91 Å². The highest BCUT2D eigenvalue weighted by molar-refractivity contribution is 7.12. The highest BCUT2D eigenvalue weighted by Gasteiger charge is 2.37. The SMILES string of the molecule is Cc1ncc(/C=C/C(=O)N(CC(F)(F)F)C2CCOC2)s1. The summed E-state index contributed by atoms with van der Waals surface area (Å²) in [5.41, 5.74) is 0. The number of amides is 1. The van der Waals surface area contributed by atoms with Crippen molar-refractivity contribution in [1.82, 2.24) is 9.88 Å². The van der Waals surface area contributed by atoms with E-state index in [1.54, 1.807) is 6.20 Å². The fraction of sp³-hybridized carbons (Fsp3) is 0.538. The van der Waals surface area contributed by atoms with E-state index in [-0.39, 0.29) is 6.61 Å². The average Bonchev–Trinajstić information content (AvgIpc) is 3.03. The number of aromatic nitrogens is 1. The van der Waals surface area contributed by atoms with Gasteiger partial charge < -0.3 is 9.64 Å². The zero-order valence-corrected chi connectivity index (χ0v) is 12.2. The monoisotopic (exact) mass is 320 g/mol. The molecule has 1 atom stereocenters. The minimum atomic E-state index is -4.42. The fourth-order valence-corrected chi connectivity index (χ4v) is 2.74. The molecule has 1 saturated heterocycles. The third kappa shape index (κ3) is 4.82. The molecule has 1 amide bonds. The summed E-state index contributed by atoms with van der Waals surface area (Å²) in [4.78, 5) is 17.6. The second kappa shape index (κ2) is 6.57. The van der Waals surface area contributed by atoms with Crippen molar-refractivity contribution in [2.24, 2.45) is 0 Å². The van der Waals surface area contributed by atoms with Gasteiger partial charge in [0.15, 0.2) is 0 Å². The molecule has 4 nitrogen and oxygen atoms in total. The molecule has 2 rings (SSSR count). The molecule has 21 heavy (non-hydrogen) atoms. The summed E-state index contributed by atoms with van der Waals surface area (Å²) in [6.45, 7) is 1.08. The van der Waals surface area contributed by atoms with E-state index < -0.39 is 24.7 Å². The molecule has 116 valence electrons. The molecule has 1 fully saturated rings. The van der Waals surface area contributed by atoms with Crippen molar-refractivity contribution in [2.75, 3.05) is 19.8 Å². The third-order valence-corrected chi connectivity index (χ3v) is 3.89. The van der Waals surface area contributed by atoms with Crippen molar-refractivity contribution in [3.8, 4) is 0 Å². The number of carbonyl (C=O) groups is 1. The molecule has 0 bridgehead atoms. The first-order valence-electron chi connectivity index (χ1n) is 6.41. The van der Waals surface area contributed by atoms with Gasteiger partial charge in [0.1, 0.15) is 6.54 Å². The van der Waals surface area contributed by atoms with E-state index >= 15 is 0 Å². The molecule has 1 aromatic rings. The Labute approximate surface area is 124 Å². The zero-order chi connectivity index (χ0) is 15.5. The number of hydrogen-bond acceptors (Lipinski definition) is 4. The summed E-state index contributed by atoms with van der Waals surface area (Å²) in [6, 6.07) is -0.521. The number of hydrogen-bond donors (Lipinski definition) is 0. The van der Waals surface area contributed by atoms with Crippen LogP contribution in [0.1, 0.15) is 16.3 Å². The molecular formula is C13H15F3N2O2S. The second-order valence-corrected chi connectivity index (χ2v) is 5.98. The first-order chi connectivity index (χ1) is 9.85. The molecule has 1 aromatic heterocycles. The molecule has 0 N–H and O–H groups in total.